The van der Waals surface area contributed by atoms with Crippen LogP contribution in [0.2, 0.25) is 5.02 Å². The van der Waals surface area contributed by atoms with Crippen molar-refractivity contribution < 1.29 is 4.21 Å². The first kappa shape index (κ1) is 23.5. The minimum absolute atomic E-state index is 0.183. The van der Waals surface area contributed by atoms with E-state index < -0.39 is 10.8 Å². The summed E-state index contributed by atoms with van der Waals surface area (Å²) < 4.78 is 13.8. The summed E-state index contributed by atoms with van der Waals surface area (Å²) in [6.07, 6.45) is 8.20. The molecule has 180 valence electrons. The summed E-state index contributed by atoms with van der Waals surface area (Å²) in [6.45, 7) is 0. The van der Waals surface area contributed by atoms with Crippen molar-refractivity contribution in [3.63, 3.8) is 0 Å². The number of hydrogen-bond acceptors (Lipinski definition) is 5. The van der Waals surface area contributed by atoms with Gasteiger partial charge >= 0.3 is 0 Å². The maximum atomic E-state index is 12.0. The number of nitrogens with zero attached hydrogens (tertiary/aromatic N) is 3. The maximum Gasteiger partial charge on any atom is 0.135 e. The Hall–Kier alpha value is -3.20. The number of fused-ring (bicyclic) bond motifs is 1. The molecule has 7 nitrogen and oxygen atoms in total. The second-order valence-corrected chi connectivity index (χ2v) is 10.6. The first-order valence-electron chi connectivity index (χ1n) is 11.5. The molecule has 3 atom stereocenters. The smallest absolute Gasteiger partial charge is 0.135 e. The maximum absolute atomic E-state index is 12.0. The number of para-hydroxylation sites is 1. The lowest BCUT2D eigenvalue weighted by Crippen LogP contribution is -2.24. The molecule has 2 aromatic heterocycles. The fourth-order valence-electron chi connectivity index (χ4n) is 4.50. The van der Waals surface area contributed by atoms with Gasteiger partial charge < -0.3 is 16.8 Å². The van der Waals surface area contributed by atoms with E-state index in [4.69, 9.17) is 23.1 Å². The van der Waals surface area contributed by atoms with E-state index >= 15 is 0 Å². The molecule has 4 aromatic rings. The fourth-order valence-corrected chi connectivity index (χ4v) is 5.24. The number of nitrogens with one attached hydrogen (secondary N) is 1. The van der Waals surface area contributed by atoms with Crippen LogP contribution in [0.5, 0.6) is 0 Å². The summed E-state index contributed by atoms with van der Waals surface area (Å²) in [4.78, 5) is 5.38. The number of anilines is 1. The normalized spacial score (nSPS) is 19.2. The highest BCUT2D eigenvalue weighted by molar-refractivity contribution is 7.84. The van der Waals surface area contributed by atoms with E-state index in [2.05, 4.69) is 21.5 Å². The summed E-state index contributed by atoms with van der Waals surface area (Å²) >= 11 is 6.32. The van der Waals surface area contributed by atoms with Crippen LogP contribution in [0.25, 0.3) is 16.6 Å². The van der Waals surface area contributed by atoms with Gasteiger partial charge in [-0.15, -0.1) is 0 Å². The quantitative estimate of drug-likeness (QED) is 0.259. The van der Waals surface area contributed by atoms with Crippen LogP contribution in [0.3, 0.4) is 0 Å². The molecule has 2 aromatic carbocycles. The Kier molecular flexibility index (Phi) is 6.60. The molecule has 1 aliphatic rings. The van der Waals surface area contributed by atoms with Gasteiger partial charge in [-0.25, -0.2) is 9.51 Å². The van der Waals surface area contributed by atoms with Crippen LogP contribution in [-0.4, -0.2) is 38.0 Å². The number of aromatic nitrogens is 2. The van der Waals surface area contributed by atoms with E-state index in [0.29, 0.717) is 22.1 Å². The predicted molar refractivity (Wildman–Crippen MR) is 144 cm³/mol. The zero-order valence-electron chi connectivity index (χ0n) is 19.3. The van der Waals surface area contributed by atoms with Crippen LogP contribution >= 0.6 is 11.6 Å². The van der Waals surface area contributed by atoms with Crippen LogP contribution in [0, 0.1) is 0 Å². The number of hydrogen-bond donors (Lipinski definition) is 3. The number of benzene rings is 2. The Labute approximate surface area is 211 Å². The number of amidine groups is 1. The summed E-state index contributed by atoms with van der Waals surface area (Å²) in [5.74, 6) is 0.323. The molecule has 1 saturated carbocycles. The van der Waals surface area contributed by atoms with Crippen LogP contribution in [0.1, 0.15) is 24.8 Å². The van der Waals surface area contributed by atoms with Crippen molar-refractivity contribution in [3.8, 4) is 11.1 Å². The first-order valence-corrected chi connectivity index (χ1v) is 13.4. The van der Waals surface area contributed by atoms with Gasteiger partial charge in [0, 0.05) is 45.8 Å². The zero-order chi connectivity index (χ0) is 24.5. The number of halogens is 1. The Morgan fingerprint density at radius 1 is 1.17 bits per heavy atom. The van der Waals surface area contributed by atoms with Crippen LogP contribution < -0.4 is 16.8 Å². The molecule has 0 radical (unpaired) electrons. The van der Waals surface area contributed by atoms with Gasteiger partial charge in [0.2, 0.25) is 0 Å². The minimum Gasteiger partial charge on any atom is -0.383 e. The molecule has 0 saturated heterocycles. The van der Waals surface area contributed by atoms with Crippen LogP contribution in [0.4, 0.5) is 11.4 Å². The van der Waals surface area contributed by atoms with E-state index in [-0.39, 0.29) is 12.1 Å². The summed E-state index contributed by atoms with van der Waals surface area (Å²) in [5.41, 5.74) is 17.6. The summed E-state index contributed by atoms with van der Waals surface area (Å²) in [6, 6.07) is 17.5. The third-order valence-corrected chi connectivity index (χ3v) is 7.56. The lowest BCUT2D eigenvalue weighted by Gasteiger charge is -2.18. The lowest BCUT2D eigenvalue weighted by molar-refractivity contribution is 0.686. The van der Waals surface area contributed by atoms with E-state index in [1.165, 1.54) is 0 Å². The Bertz CT molecular complexity index is 1450. The van der Waals surface area contributed by atoms with Crippen LogP contribution in [0.15, 0.2) is 76.9 Å². The second kappa shape index (κ2) is 9.81. The highest BCUT2D eigenvalue weighted by atomic mass is 35.5. The first-order chi connectivity index (χ1) is 16.9. The molecule has 2 heterocycles. The van der Waals surface area contributed by atoms with Gasteiger partial charge in [-0.2, -0.15) is 5.10 Å². The highest BCUT2D eigenvalue weighted by Gasteiger charge is 2.24. The van der Waals surface area contributed by atoms with Crippen LogP contribution in [-0.2, 0) is 10.8 Å². The number of aliphatic imine (C=N–C) groups is 1. The molecule has 0 bridgehead atoms. The van der Waals surface area contributed by atoms with E-state index in [0.717, 1.165) is 46.5 Å². The minimum atomic E-state index is -1.06. The Morgan fingerprint density at radius 2 is 2.00 bits per heavy atom. The summed E-state index contributed by atoms with van der Waals surface area (Å²) in [5, 5.41) is 8.82. The van der Waals surface area contributed by atoms with E-state index in [9.17, 15) is 4.21 Å². The van der Waals surface area contributed by atoms with Crippen molar-refractivity contribution >= 4 is 45.1 Å². The molecule has 9 heteroatoms. The van der Waals surface area contributed by atoms with Gasteiger partial charge in [-0.05, 0) is 55.2 Å². The molecule has 3 unspecified atom stereocenters. The standard InChI is InChI=1S/C26H27ClN6OS/c1-35(34)20-6-4-5-16(11-20)17-12-24-25(31-19-10-9-18(28)13-19)21(14-30-33(24)15-17)26(29)32-23-8-3-2-7-22(23)27/h2-8,11-12,14-15,18-19,31H,9-10,13,28H2,1H3,(H2,29,32). The topological polar surface area (TPSA) is 111 Å². The third-order valence-electron chi connectivity index (χ3n) is 6.33. The summed E-state index contributed by atoms with van der Waals surface area (Å²) in [7, 11) is -1.06. The third kappa shape index (κ3) is 4.96. The molecule has 0 aliphatic heterocycles. The Balaban J connectivity index is 1.63. The monoisotopic (exact) mass is 506 g/mol. The Morgan fingerprint density at radius 3 is 2.74 bits per heavy atom. The molecule has 0 spiro atoms. The van der Waals surface area contributed by atoms with E-state index in [1.807, 2.05) is 53.2 Å². The lowest BCUT2D eigenvalue weighted by atomic mass is 10.1. The molecule has 35 heavy (non-hydrogen) atoms. The van der Waals surface area contributed by atoms with Crippen molar-refractivity contribution in [3.05, 3.63) is 77.6 Å². The average Bonchev–Trinajstić information content (AvgIpc) is 3.47. The predicted octanol–water partition coefficient (Wildman–Crippen LogP) is 4.72. The van der Waals surface area contributed by atoms with Crippen molar-refractivity contribution in [2.75, 3.05) is 11.6 Å². The molecule has 1 aliphatic carbocycles. The van der Waals surface area contributed by atoms with E-state index in [1.54, 1.807) is 18.5 Å². The van der Waals surface area contributed by atoms with Gasteiger partial charge in [0.25, 0.3) is 0 Å². The van der Waals surface area contributed by atoms with Gasteiger partial charge in [0.1, 0.15) is 5.84 Å². The zero-order valence-corrected chi connectivity index (χ0v) is 20.9. The SMILES string of the molecule is CS(=O)c1cccc(-c2cc3c(NC4CCC(N)C4)c(C(N)=Nc4ccccc4Cl)cnn3c2)c1. The van der Waals surface area contributed by atoms with Crippen molar-refractivity contribution in [1.82, 2.24) is 9.61 Å². The molecule has 5 N–H and O–H groups in total. The van der Waals surface area contributed by atoms with Gasteiger partial charge in [-0.1, -0.05) is 35.9 Å². The van der Waals surface area contributed by atoms with Crippen molar-refractivity contribution in [2.24, 2.45) is 16.5 Å². The largest absolute Gasteiger partial charge is 0.383 e. The molecular weight excluding hydrogens is 480 g/mol. The van der Waals surface area contributed by atoms with Gasteiger partial charge in [-0.3, -0.25) is 4.21 Å². The molecule has 5 rings (SSSR count). The molecule has 0 amide bonds. The average molecular weight is 507 g/mol. The fraction of sp³-hybridized carbons (Fsp3) is 0.231. The molecular formula is C26H27ClN6OS. The number of rotatable bonds is 6. The van der Waals surface area contributed by atoms with Gasteiger partial charge in [0.15, 0.2) is 0 Å². The number of nitrogens with two attached hydrogens (primary N) is 2. The van der Waals surface area contributed by atoms with Crippen molar-refractivity contribution in [2.45, 2.75) is 36.2 Å². The highest BCUT2D eigenvalue weighted by Crippen LogP contribution is 2.32. The van der Waals surface area contributed by atoms with Crippen molar-refractivity contribution in [1.29, 1.82) is 0 Å². The molecule has 1 fully saturated rings. The second-order valence-electron chi connectivity index (χ2n) is 8.84. The van der Waals surface area contributed by atoms with Gasteiger partial charge in [0.05, 0.1) is 33.7 Å².